The van der Waals surface area contributed by atoms with E-state index in [0.29, 0.717) is 23.4 Å². The van der Waals surface area contributed by atoms with Gasteiger partial charge in [-0.25, -0.2) is 9.97 Å². The standard InChI is InChI=1S/C26H29F3N6O3/c1-15(23(30)36)32-22-13-20(24(31)37)33-25(34-22)16-4-7-19(8-5-16)38-21-9-6-18(26(27,28)29)12-17(21)14-35-10-2-3-11-35/h4-8,12-13,15,21H,2-3,9-11,14H2,1H3,(H2,30,36)(H2,31,37)(H,32,33,34)/t15-,21?/m0/s1. The van der Waals surface area contributed by atoms with E-state index in [4.69, 9.17) is 16.2 Å². The molecule has 1 unspecified atom stereocenters. The van der Waals surface area contributed by atoms with E-state index in [-0.39, 0.29) is 23.8 Å². The van der Waals surface area contributed by atoms with Gasteiger partial charge < -0.3 is 21.5 Å². The number of halogens is 3. The Morgan fingerprint density at radius 1 is 1.16 bits per heavy atom. The number of rotatable bonds is 9. The van der Waals surface area contributed by atoms with Crippen LogP contribution in [0.3, 0.4) is 0 Å². The quantitative estimate of drug-likeness (QED) is 0.453. The Morgan fingerprint density at radius 2 is 1.84 bits per heavy atom. The van der Waals surface area contributed by atoms with Crippen molar-refractivity contribution < 1.29 is 27.5 Å². The highest BCUT2D eigenvalue weighted by atomic mass is 19.4. The van der Waals surface area contributed by atoms with E-state index < -0.39 is 35.7 Å². The number of allylic oxidation sites excluding steroid dienone is 2. The molecule has 2 heterocycles. The molecule has 9 nitrogen and oxygen atoms in total. The molecule has 0 radical (unpaired) electrons. The van der Waals surface area contributed by atoms with Gasteiger partial charge in [-0.1, -0.05) is 6.08 Å². The Bertz CT molecular complexity index is 1250. The molecule has 1 aromatic carbocycles. The second-order valence-electron chi connectivity index (χ2n) is 9.32. The maximum atomic E-state index is 13.4. The van der Waals surface area contributed by atoms with Crippen molar-refractivity contribution in [3.05, 3.63) is 59.3 Å². The molecule has 0 saturated carbocycles. The van der Waals surface area contributed by atoms with E-state index in [2.05, 4.69) is 20.2 Å². The van der Waals surface area contributed by atoms with E-state index >= 15 is 0 Å². The third-order valence-corrected chi connectivity index (χ3v) is 6.40. The largest absolute Gasteiger partial charge is 0.486 e. The Hall–Kier alpha value is -3.93. The van der Waals surface area contributed by atoms with Crippen LogP contribution in [0.4, 0.5) is 19.0 Å². The highest BCUT2D eigenvalue weighted by molar-refractivity contribution is 5.92. The van der Waals surface area contributed by atoms with Crippen LogP contribution in [0.25, 0.3) is 11.4 Å². The third-order valence-electron chi connectivity index (χ3n) is 6.40. The van der Waals surface area contributed by atoms with Crippen molar-refractivity contribution in [1.82, 2.24) is 14.9 Å². The number of anilines is 1. The number of primary amides is 2. The van der Waals surface area contributed by atoms with Crippen molar-refractivity contribution in [1.29, 1.82) is 0 Å². The molecular formula is C26H29F3N6O3. The summed E-state index contributed by atoms with van der Waals surface area (Å²) in [5.74, 6) is -0.546. The smallest absolute Gasteiger partial charge is 0.416 e. The van der Waals surface area contributed by atoms with E-state index in [9.17, 15) is 22.8 Å². The SMILES string of the molecule is C[C@H](Nc1cc(C(N)=O)nc(-c2ccc(OC3CC=C(C(F)(F)F)C=C3CN3CCCC3)cc2)n1)C(N)=O. The van der Waals surface area contributed by atoms with E-state index in [1.807, 2.05) is 0 Å². The summed E-state index contributed by atoms with van der Waals surface area (Å²) >= 11 is 0. The second-order valence-corrected chi connectivity index (χ2v) is 9.32. The zero-order chi connectivity index (χ0) is 27.4. The summed E-state index contributed by atoms with van der Waals surface area (Å²) in [6, 6.07) is 7.22. The first-order chi connectivity index (χ1) is 18.0. The van der Waals surface area contributed by atoms with Crippen LogP contribution in [-0.2, 0) is 4.79 Å². The minimum absolute atomic E-state index is 0.0550. The lowest BCUT2D eigenvalue weighted by molar-refractivity contribution is -0.118. The van der Waals surface area contributed by atoms with Crippen molar-refractivity contribution >= 4 is 17.6 Å². The Morgan fingerprint density at radius 3 is 2.45 bits per heavy atom. The van der Waals surface area contributed by atoms with Gasteiger partial charge in [0.1, 0.15) is 29.4 Å². The zero-order valence-electron chi connectivity index (χ0n) is 20.8. The van der Waals surface area contributed by atoms with Gasteiger partial charge in [0, 0.05) is 24.6 Å². The Kier molecular flexibility index (Phi) is 8.00. The molecule has 1 aliphatic carbocycles. The van der Waals surface area contributed by atoms with Gasteiger partial charge in [-0.3, -0.25) is 14.5 Å². The van der Waals surface area contributed by atoms with E-state index in [1.54, 1.807) is 31.2 Å². The number of likely N-dealkylation sites (tertiary alicyclic amines) is 1. The molecule has 1 aliphatic heterocycles. The average molecular weight is 531 g/mol. The van der Waals surface area contributed by atoms with Gasteiger partial charge in [0.2, 0.25) is 5.91 Å². The molecule has 2 aliphatic rings. The lowest BCUT2D eigenvalue weighted by Crippen LogP contribution is -2.33. The number of ether oxygens (including phenoxy) is 1. The first-order valence-electron chi connectivity index (χ1n) is 12.2. The molecule has 2 aromatic rings. The maximum absolute atomic E-state index is 13.4. The molecule has 1 fully saturated rings. The number of nitrogens with zero attached hydrogens (tertiary/aromatic N) is 3. The van der Waals surface area contributed by atoms with Gasteiger partial charge in [-0.2, -0.15) is 13.2 Å². The molecular weight excluding hydrogens is 501 g/mol. The molecule has 202 valence electrons. The van der Waals surface area contributed by atoms with Gasteiger partial charge in [0.15, 0.2) is 5.82 Å². The van der Waals surface area contributed by atoms with Crippen LogP contribution >= 0.6 is 0 Å². The molecule has 2 atom stereocenters. The van der Waals surface area contributed by atoms with Crippen molar-refractivity contribution in [3.8, 4) is 17.1 Å². The summed E-state index contributed by atoms with van der Waals surface area (Å²) in [5, 5.41) is 2.81. The average Bonchev–Trinajstić information content (AvgIpc) is 3.37. The number of hydrogen-bond acceptors (Lipinski definition) is 7. The number of amides is 2. The molecule has 1 aromatic heterocycles. The van der Waals surface area contributed by atoms with Crippen LogP contribution < -0.4 is 21.5 Å². The molecule has 38 heavy (non-hydrogen) atoms. The Labute approximate surface area is 217 Å². The van der Waals surface area contributed by atoms with Crippen molar-refractivity contribution in [2.75, 3.05) is 25.0 Å². The van der Waals surface area contributed by atoms with Crippen LogP contribution in [0.5, 0.6) is 5.75 Å². The summed E-state index contributed by atoms with van der Waals surface area (Å²) in [7, 11) is 0. The Balaban J connectivity index is 1.54. The predicted octanol–water partition coefficient (Wildman–Crippen LogP) is 3.19. The highest BCUT2D eigenvalue weighted by Crippen LogP contribution is 2.34. The number of carbonyl (C=O) groups is 2. The first-order valence-corrected chi connectivity index (χ1v) is 12.2. The van der Waals surface area contributed by atoms with Crippen molar-refractivity contribution in [2.24, 2.45) is 11.5 Å². The number of nitrogens with one attached hydrogen (secondary N) is 1. The van der Waals surface area contributed by atoms with Gasteiger partial charge >= 0.3 is 6.18 Å². The molecule has 0 spiro atoms. The fourth-order valence-electron chi connectivity index (χ4n) is 4.32. The van der Waals surface area contributed by atoms with Gasteiger partial charge in [0.25, 0.3) is 5.91 Å². The minimum atomic E-state index is -4.41. The third kappa shape index (κ3) is 6.68. The van der Waals surface area contributed by atoms with E-state index in [0.717, 1.165) is 32.0 Å². The molecule has 5 N–H and O–H groups in total. The molecule has 4 rings (SSSR count). The number of benzene rings is 1. The van der Waals surface area contributed by atoms with Crippen LogP contribution in [-0.4, -0.2) is 64.6 Å². The van der Waals surface area contributed by atoms with Gasteiger partial charge in [0.05, 0.1) is 5.57 Å². The first kappa shape index (κ1) is 27.1. The lowest BCUT2D eigenvalue weighted by Gasteiger charge is -2.28. The van der Waals surface area contributed by atoms with Gasteiger partial charge in [-0.05, 0) is 68.8 Å². The number of hydrogen-bond donors (Lipinski definition) is 3. The second kappa shape index (κ2) is 11.2. The number of alkyl halides is 3. The molecule has 1 saturated heterocycles. The predicted molar refractivity (Wildman–Crippen MR) is 135 cm³/mol. The normalized spacial score (nSPS) is 18.9. The summed E-state index contributed by atoms with van der Waals surface area (Å²) in [5.41, 5.74) is 11.1. The summed E-state index contributed by atoms with van der Waals surface area (Å²) in [6.45, 7) is 3.67. The number of nitrogens with two attached hydrogens (primary N) is 2. The molecule has 12 heteroatoms. The summed E-state index contributed by atoms with van der Waals surface area (Å²) in [4.78, 5) is 33.9. The van der Waals surface area contributed by atoms with Crippen LogP contribution in [0.15, 0.2) is 53.6 Å². The fourth-order valence-corrected chi connectivity index (χ4v) is 4.32. The molecule has 0 bridgehead atoms. The number of aromatic nitrogens is 2. The van der Waals surface area contributed by atoms with Crippen LogP contribution in [0.2, 0.25) is 0 Å². The maximum Gasteiger partial charge on any atom is 0.416 e. The van der Waals surface area contributed by atoms with Crippen molar-refractivity contribution in [2.45, 2.75) is 44.5 Å². The topological polar surface area (TPSA) is 136 Å². The van der Waals surface area contributed by atoms with Crippen LogP contribution in [0.1, 0.15) is 36.7 Å². The lowest BCUT2D eigenvalue weighted by atomic mass is 9.95. The summed E-state index contributed by atoms with van der Waals surface area (Å²) < 4.78 is 46.2. The summed E-state index contributed by atoms with van der Waals surface area (Å²) in [6.07, 6.45) is -0.422. The van der Waals surface area contributed by atoms with Crippen LogP contribution in [0, 0.1) is 0 Å². The zero-order valence-corrected chi connectivity index (χ0v) is 20.8. The minimum Gasteiger partial charge on any atom is -0.486 e. The number of carbonyl (C=O) groups excluding carboxylic acids is 2. The molecule has 2 amide bonds. The van der Waals surface area contributed by atoms with Gasteiger partial charge in [-0.15, -0.1) is 0 Å². The van der Waals surface area contributed by atoms with E-state index in [1.165, 1.54) is 12.1 Å². The highest BCUT2D eigenvalue weighted by Gasteiger charge is 2.36. The van der Waals surface area contributed by atoms with Crippen molar-refractivity contribution in [3.63, 3.8) is 0 Å². The monoisotopic (exact) mass is 530 g/mol. The fraction of sp³-hybridized carbons (Fsp3) is 0.385.